The Morgan fingerprint density at radius 3 is 2.40 bits per heavy atom. The van der Waals surface area contributed by atoms with Gasteiger partial charge in [-0.05, 0) is 54.9 Å². The van der Waals surface area contributed by atoms with E-state index >= 15 is 0 Å². The van der Waals surface area contributed by atoms with E-state index < -0.39 is 10.0 Å². The minimum atomic E-state index is -3.51. The molecule has 0 saturated heterocycles. The highest BCUT2D eigenvalue weighted by molar-refractivity contribution is 7.89. The van der Waals surface area contributed by atoms with Gasteiger partial charge < -0.3 is 5.11 Å². The molecule has 1 aliphatic rings. The van der Waals surface area contributed by atoms with E-state index in [4.69, 9.17) is 0 Å². The van der Waals surface area contributed by atoms with E-state index in [0.717, 1.165) is 18.4 Å². The lowest BCUT2D eigenvalue weighted by Crippen LogP contribution is -2.40. The quantitative estimate of drug-likeness (QED) is 0.876. The zero-order valence-corrected chi connectivity index (χ0v) is 13.2. The predicted octanol–water partition coefficient (Wildman–Crippen LogP) is 2.26. The molecule has 0 bridgehead atoms. The molecule has 20 heavy (non-hydrogen) atoms. The largest absolute Gasteiger partial charge is 0.392 e. The third-order valence-electron chi connectivity index (χ3n) is 4.34. The van der Waals surface area contributed by atoms with Crippen molar-refractivity contribution >= 4 is 10.0 Å². The monoisotopic (exact) mass is 297 g/mol. The Morgan fingerprint density at radius 1 is 1.25 bits per heavy atom. The average molecular weight is 297 g/mol. The molecule has 5 heteroatoms. The first kappa shape index (κ1) is 15.5. The van der Waals surface area contributed by atoms with E-state index in [2.05, 4.69) is 11.6 Å². The van der Waals surface area contributed by atoms with Crippen LogP contribution in [0.1, 0.15) is 42.9 Å². The van der Waals surface area contributed by atoms with E-state index in [1.807, 2.05) is 13.0 Å². The van der Waals surface area contributed by atoms with Crippen molar-refractivity contribution in [3.8, 4) is 0 Å². The molecule has 0 atom stereocenters. The first-order valence-corrected chi connectivity index (χ1v) is 8.46. The zero-order valence-electron chi connectivity index (χ0n) is 12.4. The number of sulfonamides is 1. The second-order valence-electron chi connectivity index (χ2n) is 6.19. The lowest BCUT2D eigenvalue weighted by Gasteiger charge is -2.38. The second kappa shape index (κ2) is 5.47. The van der Waals surface area contributed by atoms with Gasteiger partial charge in [-0.25, -0.2) is 13.1 Å². The van der Waals surface area contributed by atoms with Gasteiger partial charge in [0, 0.05) is 6.54 Å². The Bertz CT molecular complexity index is 604. The van der Waals surface area contributed by atoms with Gasteiger partial charge in [-0.1, -0.05) is 19.4 Å². The van der Waals surface area contributed by atoms with E-state index in [0.29, 0.717) is 17.7 Å². The number of hydrogen-bond acceptors (Lipinski definition) is 3. The normalized spacial score (nSPS) is 17.8. The Labute approximate surface area is 121 Å². The molecule has 2 rings (SSSR count). The van der Waals surface area contributed by atoms with E-state index in [1.54, 1.807) is 13.0 Å². The third kappa shape index (κ3) is 3.05. The number of aryl methyl sites for hydroxylation is 2. The van der Waals surface area contributed by atoms with Gasteiger partial charge >= 0.3 is 0 Å². The average Bonchev–Trinajstić information content (AvgIpc) is 2.34. The second-order valence-corrected chi connectivity index (χ2v) is 7.93. The summed E-state index contributed by atoms with van der Waals surface area (Å²) in [6.07, 6.45) is 3.32. The van der Waals surface area contributed by atoms with Crippen LogP contribution in [0.2, 0.25) is 0 Å². The van der Waals surface area contributed by atoms with Crippen LogP contribution in [0.5, 0.6) is 0 Å². The van der Waals surface area contributed by atoms with Crippen molar-refractivity contribution in [3.63, 3.8) is 0 Å². The van der Waals surface area contributed by atoms with Crippen LogP contribution in [0.3, 0.4) is 0 Å². The fraction of sp³-hybridized carbons (Fsp3) is 0.600. The van der Waals surface area contributed by atoms with Crippen molar-refractivity contribution in [3.05, 3.63) is 28.8 Å². The molecule has 1 saturated carbocycles. The van der Waals surface area contributed by atoms with Crippen LogP contribution in [0.4, 0.5) is 0 Å². The number of aliphatic hydroxyl groups excluding tert-OH is 1. The molecule has 4 nitrogen and oxygen atoms in total. The Hall–Kier alpha value is -0.910. The summed E-state index contributed by atoms with van der Waals surface area (Å²) in [5.74, 6) is 0. The summed E-state index contributed by atoms with van der Waals surface area (Å²) in [7, 11) is -3.51. The first-order chi connectivity index (χ1) is 9.27. The van der Waals surface area contributed by atoms with Crippen molar-refractivity contribution in [2.45, 2.75) is 51.5 Å². The molecule has 0 spiro atoms. The van der Waals surface area contributed by atoms with Gasteiger partial charge in [0.05, 0.1) is 11.5 Å². The smallest absolute Gasteiger partial charge is 0.240 e. The van der Waals surface area contributed by atoms with E-state index in [-0.39, 0.29) is 16.9 Å². The number of nitrogens with one attached hydrogen (secondary N) is 1. The molecular weight excluding hydrogens is 274 g/mol. The highest BCUT2D eigenvalue weighted by Gasteiger charge is 2.33. The Balaban J connectivity index is 2.24. The van der Waals surface area contributed by atoms with Crippen LogP contribution in [0.15, 0.2) is 17.0 Å². The summed E-state index contributed by atoms with van der Waals surface area (Å²) in [5.41, 5.74) is 2.39. The number of aliphatic hydroxyl groups is 1. The molecule has 0 aromatic heterocycles. The zero-order chi connectivity index (χ0) is 15.0. The standard InChI is InChI=1S/C15H23NO3S/c1-11-7-12(2)14(8-13(11)9-17)20(18,19)16-10-15(3)5-4-6-15/h7-8,16-17H,4-6,9-10H2,1-3H3. The lowest BCUT2D eigenvalue weighted by molar-refractivity contribution is 0.166. The van der Waals surface area contributed by atoms with Crippen molar-refractivity contribution in [1.29, 1.82) is 0 Å². The predicted molar refractivity (Wildman–Crippen MR) is 79.0 cm³/mol. The van der Waals surface area contributed by atoms with Gasteiger partial charge in [-0.3, -0.25) is 0 Å². The molecule has 0 amide bonds. The highest BCUT2D eigenvalue weighted by Crippen LogP contribution is 2.39. The summed E-state index contributed by atoms with van der Waals surface area (Å²) >= 11 is 0. The van der Waals surface area contributed by atoms with Gasteiger partial charge in [0.15, 0.2) is 0 Å². The SMILES string of the molecule is Cc1cc(C)c(S(=O)(=O)NCC2(C)CCC2)cc1CO. The Morgan fingerprint density at radius 2 is 1.90 bits per heavy atom. The molecule has 0 heterocycles. The van der Waals surface area contributed by atoms with Gasteiger partial charge in [-0.15, -0.1) is 0 Å². The van der Waals surface area contributed by atoms with Gasteiger partial charge in [0.1, 0.15) is 0 Å². The number of hydrogen-bond donors (Lipinski definition) is 2. The van der Waals surface area contributed by atoms with E-state index in [9.17, 15) is 13.5 Å². The molecule has 0 unspecified atom stereocenters. The summed E-state index contributed by atoms with van der Waals surface area (Å²) in [6, 6.07) is 3.39. The molecule has 0 radical (unpaired) electrons. The van der Waals surface area contributed by atoms with Crippen LogP contribution in [-0.2, 0) is 16.6 Å². The van der Waals surface area contributed by atoms with Gasteiger partial charge in [0.2, 0.25) is 10.0 Å². The fourth-order valence-electron chi connectivity index (χ4n) is 2.64. The number of rotatable bonds is 5. The first-order valence-electron chi connectivity index (χ1n) is 6.98. The van der Waals surface area contributed by atoms with Crippen molar-refractivity contribution in [2.24, 2.45) is 5.41 Å². The van der Waals surface area contributed by atoms with Crippen LogP contribution in [-0.4, -0.2) is 20.1 Å². The fourth-order valence-corrected chi connectivity index (χ4v) is 4.11. The van der Waals surface area contributed by atoms with E-state index in [1.165, 1.54) is 6.42 Å². The maximum absolute atomic E-state index is 12.4. The number of benzene rings is 1. The van der Waals surface area contributed by atoms with Gasteiger partial charge in [0.25, 0.3) is 0 Å². The molecule has 1 aromatic carbocycles. The molecule has 2 N–H and O–H groups in total. The maximum atomic E-state index is 12.4. The van der Waals surface area contributed by atoms with Crippen LogP contribution in [0.25, 0.3) is 0 Å². The molecule has 112 valence electrons. The van der Waals surface area contributed by atoms with Crippen molar-refractivity contribution < 1.29 is 13.5 Å². The Kier molecular flexibility index (Phi) is 4.23. The molecule has 1 fully saturated rings. The van der Waals surface area contributed by atoms with Crippen LogP contribution >= 0.6 is 0 Å². The lowest BCUT2D eigenvalue weighted by atomic mass is 9.71. The molecular formula is C15H23NO3S. The van der Waals surface area contributed by atoms with Crippen LogP contribution < -0.4 is 4.72 Å². The summed E-state index contributed by atoms with van der Waals surface area (Å²) in [5, 5.41) is 9.29. The van der Waals surface area contributed by atoms with Gasteiger partial charge in [-0.2, -0.15) is 0 Å². The summed E-state index contributed by atoms with van der Waals surface area (Å²) in [4.78, 5) is 0.273. The maximum Gasteiger partial charge on any atom is 0.240 e. The third-order valence-corrected chi connectivity index (χ3v) is 5.89. The summed E-state index contributed by atoms with van der Waals surface area (Å²) in [6.45, 7) is 6.11. The topological polar surface area (TPSA) is 66.4 Å². The molecule has 1 aliphatic carbocycles. The van der Waals surface area contributed by atoms with Crippen LogP contribution in [0, 0.1) is 19.3 Å². The minimum absolute atomic E-state index is 0.103. The summed E-state index contributed by atoms with van der Waals surface area (Å²) < 4.78 is 27.6. The minimum Gasteiger partial charge on any atom is -0.392 e. The highest BCUT2D eigenvalue weighted by atomic mass is 32.2. The van der Waals surface area contributed by atoms with Crippen molar-refractivity contribution in [1.82, 2.24) is 4.72 Å². The molecule has 0 aliphatic heterocycles. The molecule has 1 aromatic rings. The van der Waals surface area contributed by atoms with Crippen molar-refractivity contribution in [2.75, 3.05) is 6.54 Å².